The second-order valence-corrected chi connectivity index (χ2v) is 6.80. The highest BCUT2D eigenvalue weighted by atomic mass is 35.5. The topological polar surface area (TPSA) is 109 Å². The summed E-state index contributed by atoms with van der Waals surface area (Å²) in [6.45, 7) is 2.32. The van der Waals surface area contributed by atoms with Crippen molar-refractivity contribution in [2.45, 2.75) is 26.1 Å². The quantitative estimate of drug-likeness (QED) is 0.570. The molecule has 0 radical (unpaired) electrons. The normalized spacial score (nSPS) is 13.3. The second kappa shape index (κ2) is 9.66. The van der Waals surface area contributed by atoms with Crippen LogP contribution >= 0.6 is 12.4 Å². The molecule has 2 amide bonds. The van der Waals surface area contributed by atoms with Gasteiger partial charge < -0.3 is 20.9 Å². The van der Waals surface area contributed by atoms with Crippen LogP contribution < -0.4 is 16.4 Å². The van der Waals surface area contributed by atoms with Gasteiger partial charge >= 0.3 is 6.03 Å². The molecule has 3 aromatic rings. The molecule has 0 saturated heterocycles. The standard InChI is InChI=1S/C20H21FN6O2.ClH/c21-14-4-6-15(7-5-14)23-20(28)24-17-3-1-2-13-11-27(9-8-16(13)17)12-18-25-19(10-22)29-26-18;/h1-7H,8-12,22H2,(H2,23,24,28);1H. The molecule has 2 aromatic carbocycles. The Bertz CT molecular complexity index is 1010. The molecule has 1 aromatic heterocycles. The summed E-state index contributed by atoms with van der Waals surface area (Å²) < 4.78 is 18.1. The SMILES string of the molecule is Cl.NCc1nc(CN2CCc3c(cccc3NC(=O)Nc3ccc(F)cc3)C2)no1. The number of halogens is 2. The van der Waals surface area contributed by atoms with E-state index < -0.39 is 0 Å². The number of carbonyl (C=O) groups excluding carboxylic acids is 1. The maximum absolute atomic E-state index is 13.0. The van der Waals surface area contributed by atoms with Crippen LogP contribution in [0.3, 0.4) is 0 Å². The summed E-state index contributed by atoms with van der Waals surface area (Å²) in [5, 5.41) is 9.54. The van der Waals surface area contributed by atoms with Gasteiger partial charge in [0, 0.05) is 24.5 Å². The molecule has 0 aliphatic carbocycles. The van der Waals surface area contributed by atoms with Gasteiger partial charge in [-0.2, -0.15) is 4.98 Å². The largest absolute Gasteiger partial charge is 0.338 e. The van der Waals surface area contributed by atoms with Gasteiger partial charge in [0.15, 0.2) is 5.82 Å². The van der Waals surface area contributed by atoms with E-state index in [9.17, 15) is 9.18 Å². The number of carbonyl (C=O) groups is 1. The molecule has 8 nitrogen and oxygen atoms in total. The molecule has 158 valence electrons. The van der Waals surface area contributed by atoms with Crippen LogP contribution in [0.4, 0.5) is 20.6 Å². The number of hydrogen-bond donors (Lipinski definition) is 3. The molecule has 0 fully saturated rings. The van der Waals surface area contributed by atoms with Gasteiger partial charge in [-0.05, 0) is 47.9 Å². The lowest BCUT2D eigenvalue weighted by atomic mass is 9.97. The van der Waals surface area contributed by atoms with Crippen molar-refractivity contribution < 1.29 is 13.7 Å². The molecular formula is C20H22ClFN6O2. The van der Waals surface area contributed by atoms with Crippen LogP contribution in [0.5, 0.6) is 0 Å². The van der Waals surface area contributed by atoms with Crippen molar-refractivity contribution in [1.29, 1.82) is 0 Å². The summed E-state index contributed by atoms with van der Waals surface area (Å²) in [4.78, 5) is 18.8. The first-order chi connectivity index (χ1) is 14.1. The van der Waals surface area contributed by atoms with Crippen molar-refractivity contribution in [1.82, 2.24) is 15.0 Å². The Balaban J connectivity index is 0.00000256. The fourth-order valence-corrected chi connectivity index (χ4v) is 3.38. The number of benzene rings is 2. The molecule has 2 heterocycles. The first-order valence-corrected chi connectivity index (χ1v) is 9.29. The van der Waals surface area contributed by atoms with Gasteiger partial charge in [0.25, 0.3) is 0 Å². The smallest absolute Gasteiger partial charge is 0.323 e. The van der Waals surface area contributed by atoms with Gasteiger partial charge in [-0.25, -0.2) is 9.18 Å². The lowest BCUT2D eigenvalue weighted by molar-refractivity contribution is 0.235. The number of urea groups is 1. The van der Waals surface area contributed by atoms with E-state index in [2.05, 4.69) is 25.7 Å². The molecule has 0 spiro atoms. The van der Waals surface area contributed by atoms with Gasteiger partial charge in [-0.3, -0.25) is 4.90 Å². The number of aromatic nitrogens is 2. The van der Waals surface area contributed by atoms with Crippen LogP contribution in [-0.2, 0) is 26.1 Å². The van der Waals surface area contributed by atoms with Gasteiger partial charge in [0.2, 0.25) is 5.89 Å². The Morgan fingerprint density at radius 3 is 2.73 bits per heavy atom. The molecule has 30 heavy (non-hydrogen) atoms. The summed E-state index contributed by atoms with van der Waals surface area (Å²) in [5.74, 6) is 0.690. The van der Waals surface area contributed by atoms with Gasteiger partial charge in [0.05, 0.1) is 13.1 Å². The Morgan fingerprint density at radius 1 is 1.20 bits per heavy atom. The molecule has 0 bridgehead atoms. The van der Waals surface area contributed by atoms with Crippen molar-refractivity contribution in [3.05, 3.63) is 71.1 Å². The molecule has 0 atom stereocenters. The maximum atomic E-state index is 13.0. The molecule has 1 aliphatic rings. The number of nitrogens with two attached hydrogens (primary N) is 1. The Kier molecular flexibility index (Phi) is 6.99. The predicted molar refractivity (Wildman–Crippen MR) is 113 cm³/mol. The summed E-state index contributed by atoms with van der Waals surface area (Å²) in [6, 6.07) is 11.1. The first kappa shape index (κ1) is 21.7. The third kappa shape index (κ3) is 5.12. The monoisotopic (exact) mass is 432 g/mol. The van der Waals surface area contributed by atoms with Crippen LogP contribution in [0.25, 0.3) is 0 Å². The van der Waals surface area contributed by atoms with Gasteiger partial charge in [0.1, 0.15) is 5.82 Å². The zero-order chi connectivity index (χ0) is 20.2. The number of fused-ring (bicyclic) bond motifs is 1. The Labute approximate surface area is 179 Å². The van der Waals surface area contributed by atoms with Crippen LogP contribution in [0, 0.1) is 5.82 Å². The van der Waals surface area contributed by atoms with Crippen molar-refractivity contribution >= 4 is 29.8 Å². The lowest BCUT2D eigenvalue weighted by Gasteiger charge is -2.29. The highest BCUT2D eigenvalue weighted by molar-refractivity contribution is 6.00. The van der Waals surface area contributed by atoms with Gasteiger partial charge in [-0.15, -0.1) is 12.4 Å². The highest BCUT2D eigenvalue weighted by Gasteiger charge is 2.21. The second-order valence-electron chi connectivity index (χ2n) is 6.80. The summed E-state index contributed by atoms with van der Waals surface area (Å²) in [5.41, 5.74) is 9.04. The van der Waals surface area contributed by atoms with E-state index in [1.807, 2.05) is 18.2 Å². The summed E-state index contributed by atoms with van der Waals surface area (Å²) in [7, 11) is 0. The number of amides is 2. The van der Waals surface area contributed by atoms with Crippen molar-refractivity contribution in [3.8, 4) is 0 Å². The fourth-order valence-electron chi connectivity index (χ4n) is 3.38. The highest BCUT2D eigenvalue weighted by Crippen LogP contribution is 2.27. The van der Waals surface area contributed by atoms with E-state index in [1.165, 1.54) is 24.3 Å². The third-order valence-electron chi connectivity index (χ3n) is 4.75. The maximum Gasteiger partial charge on any atom is 0.323 e. The number of nitrogens with zero attached hydrogens (tertiary/aromatic N) is 3. The molecule has 1 aliphatic heterocycles. The van der Waals surface area contributed by atoms with E-state index in [0.717, 1.165) is 36.3 Å². The molecule has 0 unspecified atom stereocenters. The minimum Gasteiger partial charge on any atom is -0.338 e. The summed E-state index contributed by atoms with van der Waals surface area (Å²) in [6.07, 6.45) is 0.782. The number of rotatable bonds is 5. The van der Waals surface area contributed by atoms with Crippen LogP contribution in [0.2, 0.25) is 0 Å². The molecule has 10 heteroatoms. The van der Waals surface area contributed by atoms with Crippen LogP contribution in [0.15, 0.2) is 47.0 Å². The third-order valence-corrected chi connectivity index (χ3v) is 4.75. The fraction of sp³-hybridized carbons (Fsp3) is 0.250. The van der Waals surface area contributed by atoms with Crippen molar-refractivity contribution in [2.24, 2.45) is 5.73 Å². The van der Waals surface area contributed by atoms with Crippen molar-refractivity contribution in [3.63, 3.8) is 0 Å². The van der Waals surface area contributed by atoms with Crippen LogP contribution in [0.1, 0.15) is 22.8 Å². The number of hydrogen-bond acceptors (Lipinski definition) is 6. The molecule has 0 saturated carbocycles. The zero-order valence-corrected chi connectivity index (χ0v) is 16.9. The first-order valence-electron chi connectivity index (χ1n) is 9.29. The molecular weight excluding hydrogens is 411 g/mol. The average molecular weight is 433 g/mol. The summed E-state index contributed by atoms with van der Waals surface area (Å²) >= 11 is 0. The van der Waals surface area contributed by atoms with E-state index in [-0.39, 0.29) is 30.8 Å². The van der Waals surface area contributed by atoms with E-state index in [1.54, 1.807) is 0 Å². The van der Waals surface area contributed by atoms with E-state index in [0.29, 0.717) is 23.9 Å². The average Bonchev–Trinajstić information content (AvgIpc) is 3.17. The lowest BCUT2D eigenvalue weighted by Crippen LogP contribution is -2.31. The van der Waals surface area contributed by atoms with E-state index in [4.69, 9.17) is 10.3 Å². The Hall–Kier alpha value is -3.01. The molecule has 4 N–H and O–H groups in total. The van der Waals surface area contributed by atoms with Crippen LogP contribution in [-0.4, -0.2) is 27.6 Å². The molecule has 4 rings (SSSR count). The van der Waals surface area contributed by atoms with Crippen molar-refractivity contribution in [2.75, 3.05) is 17.2 Å². The van der Waals surface area contributed by atoms with E-state index >= 15 is 0 Å². The minimum atomic E-state index is -0.367. The number of anilines is 2. The zero-order valence-electron chi connectivity index (χ0n) is 16.1. The van der Waals surface area contributed by atoms with Gasteiger partial charge in [-0.1, -0.05) is 17.3 Å². The number of nitrogens with one attached hydrogen (secondary N) is 2. The predicted octanol–water partition coefficient (Wildman–Crippen LogP) is 3.29. The minimum absolute atomic E-state index is 0. The Morgan fingerprint density at radius 2 is 2.00 bits per heavy atom.